The van der Waals surface area contributed by atoms with E-state index in [1.54, 1.807) is 6.07 Å². The molecule has 2 aliphatic rings. The molecule has 1 N–H and O–H groups in total. The van der Waals surface area contributed by atoms with E-state index in [1.807, 2.05) is 19.1 Å². The van der Waals surface area contributed by atoms with E-state index in [9.17, 15) is 9.59 Å². The van der Waals surface area contributed by atoms with Crippen molar-refractivity contribution in [1.82, 2.24) is 0 Å². The fourth-order valence-corrected chi connectivity index (χ4v) is 2.58. The van der Waals surface area contributed by atoms with Crippen LogP contribution in [0.1, 0.15) is 24.2 Å². The predicted molar refractivity (Wildman–Crippen MR) is 71.6 cm³/mol. The van der Waals surface area contributed by atoms with Gasteiger partial charge in [-0.2, -0.15) is 0 Å². The molecule has 2 unspecified atom stereocenters. The second kappa shape index (κ2) is 4.35. The monoisotopic (exact) mass is 260 g/mol. The highest BCUT2D eigenvalue weighted by Crippen LogP contribution is 2.30. The van der Waals surface area contributed by atoms with Crippen LogP contribution >= 0.6 is 0 Å². The number of morpholine rings is 1. The van der Waals surface area contributed by atoms with Crippen LogP contribution in [0.3, 0.4) is 0 Å². The van der Waals surface area contributed by atoms with E-state index in [0.717, 1.165) is 12.2 Å². The van der Waals surface area contributed by atoms with Crippen LogP contribution in [-0.4, -0.2) is 37.0 Å². The van der Waals surface area contributed by atoms with Crippen molar-refractivity contribution in [2.75, 3.05) is 23.4 Å². The molecule has 5 heteroatoms. The van der Waals surface area contributed by atoms with Gasteiger partial charge in [0.15, 0.2) is 0 Å². The lowest BCUT2D eigenvalue weighted by molar-refractivity contribution is -0.112. The summed E-state index contributed by atoms with van der Waals surface area (Å²) in [5.41, 5.74) is 2.08. The van der Waals surface area contributed by atoms with Gasteiger partial charge in [0.2, 0.25) is 0 Å². The Morgan fingerprint density at radius 2 is 2.11 bits per heavy atom. The van der Waals surface area contributed by atoms with Crippen molar-refractivity contribution in [2.24, 2.45) is 0 Å². The van der Waals surface area contributed by atoms with Crippen molar-refractivity contribution in [3.8, 4) is 0 Å². The highest BCUT2D eigenvalue weighted by atomic mass is 16.5. The summed E-state index contributed by atoms with van der Waals surface area (Å²) in [6.07, 6.45) is 0.181. The highest BCUT2D eigenvalue weighted by molar-refractivity contribution is 6.51. The summed E-state index contributed by atoms with van der Waals surface area (Å²) in [7, 11) is 0. The van der Waals surface area contributed by atoms with Gasteiger partial charge in [0.1, 0.15) is 0 Å². The molecule has 100 valence electrons. The Morgan fingerprint density at radius 3 is 2.89 bits per heavy atom. The van der Waals surface area contributed by atoms with E-state index in [2.05, 4.69) is 17.1 Å². The van der Waals surface area contributed by atoms with Crippen LogP contribution in [0.2, 0.25) is 0 Å². The molecule has 0 radical (unpaired) electrons. The topological polar surface area (TPSA) is 58.6 Å². The number of Topliss-reactive ketones (excluding diaryl/α,β-unsaturated/α-hetero) is 1. The first kappa shape index (κ1) is 12.2. The van der Waals surface area contributed by atoms with Crippen molar-refractivity contribution in [3.05, 3.63) is 23.8 Å². The van der Waals surface area contributed by atoms with E-state index < -0.39 is 11.7 Å². The molecule has 3 rings (SSSR count). The molecular weight excluding hydrogens is 244 g/mol. The summed E-state index contributed by atoms with van der Waals surface area (Å²) < 4.78 is 5.60. The highest BCUT2D eigenvalue weighted by Gasteiger charge is 2.30. The Balaban J connectivity index is 1.93. The van der Waals surface area contributed by atoms with Crippen LogP contribution in [0.25, 0.3) is 0 Å². The Labute approximate surface area is 111 Å². The normalized spacial score (nSPS) is 26.3. The average molecular weight is 260 g/mol. The lowest BCUT2D eigenvalue weighted by Gasteiger charge is -2.38. The van der Waals surface area contributed by atoms with Crippen LogP contribution < -0.4 is 10.2 Å². The maximum atomic E-state index is 11.6. The fourth-order valence-electron chi connectivity index (χ4n) is 2.58. The molecule has 19 heavy (non-hydrogen) atoms. The van der Waals surface area contributed by atoms with Crippen LogP contribution in [0, 0.1) is 0 Å². The largest absolute Gasteiger partial charge is 0.375 e. The molecule has 1 aromatic rings. The number of ether oxygens (including phenoxy) is 1. The lowest BCUT2D eigenvalue weighted by Crippen LogP contribution is -2.47. The first-order chi connectivity index (χ1) is 9.06. The number of amides is 1. The Morgan fingerprint density at radius 1 is 1.32 bits per heavy atom. The van der Waals surface area contributed by atoms with Gasteiger partial charge in [-0.1, -0.05) is 0 Å². The van der Waals surface area contributed by atoms with Crippen molar-refractivity contribution < 1.29 is 14.3 Å². The standard InChI is InChI=1S/C14H16N2O3/c1-8-7-19-9(2)6-16(8)10-3-4-11-12(5-10)15-14(18)13(11)17/h3-5,8-9H,6-7H2,1-2H3,(H,15,17,18). The van der Waals surface area contributed by atoms with Gasteiger partial charge in [-0.3, -0.25) is 9.59 Å². The van der Waals surface area contributed by atoms with Crippen LogP contribution in [-0.2, 0) is 9.53 Å². The molecule has 1 saturated heterocycles. The maximum Gasteiger partial charge on any atom is 0.296 e. The molecule has 2 atom stereocenters. The lowest BCUT2D eigenvalue weighted by atomic mass is 10.1. The first-order valence-electron chi connectivity index (χ1n) is 6.44. The minimum atomic E-state index is -0.546. The fraction of sp³-hybridized carbons (Fsp3) is 0.429. The molecule has 0 bridgehead atoms. The number of fused-ring (bicyclic) bond motifs is 1. The van der Waals surface area contributed by atoms with Crippen molar-refractivity contribution >= 4 is 23.1 Å². The number of nitrogens with zero attached hydrogens (tertiary/aromatic N) is 1. The van der Waals surface area contributed by atoms with E-state index in [4.69, 9.17) is 4.74 Å². The number of hydrogen-bond donors (Lipinski definition) is 1. The smallest absolute Gasteiger partial charge is 0.296 e. The summed E-state index contributed by atoms with van der Waals surface area (Å²) in [6, 6.07) is 5.76. The Bertz CT molecular complexity index is 556. The van der Waals surface area contributed by atoms with Gasteiger partial charge >= 0.3 is 0 Å². The maximum absolute atomic E-state index is 11.6. The van der Waals surface area contributed by atoms with Gasteiger partial charge in [0.25, 0.3) is 11.7 Å². The third kappa shape index (κ3) is 2.00. The zero-order chi connectivity index (χ0) is 13.6. The third-order valence-corrected chi connectivity index (χ3v) is 3.64. The number of nitrogens with one attached hydrogen (secondary N) is 1. The molecule has 0 saturated carbocycles. The van der Waals surface area contributed by atoms with Gasteiger partial charge in [-0.15, -0.1) is 0 Å². The van der Waals surface area contributed by atoms with Crippen molar-refractivity contribution in [1.29, 1.82) is 0 Å². The van der Waals surface area contributed by atoms with Gasteiger partial charge in [0.05, 0.1) is 24.0 Å². The minimum absolute atomic E-state index is 0.181. The van der Waals surface area contributed by atoms with E-state index in [-0.39, 0.29) is 12.1 Å². The van der Waals surface area contributed by atoms with Crippen LogP contribution in [0.4, 0.5) is 11.4 Å². The van der Waals surface area contributed by atoms with Crippen LogP contribution in [0.15, 0.2) is 18.2 Å². The van der Waals surface area contributed by atoms with E-state index in [0.29, 0.717) is 17.9 Å². The zero-order valence-corrected chi connectivity index (χ0v) is 11.0. The first-order valence-corrected chi connectivity index (χ1v) is 6.44. The molecule has 0 aliphatic carbocycles. The SMILES string of the molecule is CC1CN(c2ccc3c(c2)NC(=O)C3=O)C(C)CO1. The van der Waals surface area contributed by atoms with Gasteiger partial charge < -0.3 is 15.0 Å². The van der Waals surface area contributed by atoms with Crippen molar-refractivity contribution in [3.63, 3.8) is 0 Å². The van der Waals surface area contributed by atoms with Gasteiger partial charge in [-0.25, -0.2) is 0 Å². The molecule has 2 aliphatic heterocycles. The minimum Gasteiger partial charge on any atom is -0.375 e. The summed E-state index contributed by atoms with van der Waals surface area (Å²) in [6.45, 7) is 5.63. The summed E-state index contributed by atoms with van der Waals surface area (Å²) >= 11 is 0. The molecule has 0 spiro atoms. The zero-order valence-electron chi connectivity index (χ0n) is 11.0. The molecule has 1 fully saturated rings. The Kier molecular flexibility index (Phi) is 2.78. The molecule has 0 aromatic heterocycles. The molecule has 1 aromatic carbocycles. The second-order valence-electron chi connectivity index (χ2n) is 5.16. The van der Waals surface area contributed by atoms with Crippen molar-refractivity contribution in [2.45, 2.75) is 26.0 Å². The van der Waals surface area contributed by atoms with Gasteiger partial charge in [0, 0.05) is 18.3 Å². The quantitative estimate of drug-likeness (QED) is 0.776. The number of ketones is 1. The molecule has 5 nitrogen and oxygen atoms in total. The molecular formula is C14H16N2O3. The number of rotatable bonds is 1. The Hall–Kier alpha value is -1.88. The third-order valence-electron chi connectivity index (χ3n) is 3.64. The predicted octanol–water partition coefficient (Wildman–Crippen LogP) is 1.43. The number of carbonyl (C=O) groups is 2. The summed E-state index contributed by atoms with van der Waals surface area (Å²) in [5, 5.41) is 2.61. The van der Waals surface area contributed by atoms with Crippen LogP contribution in [0.5, 0.6) is 0 Å². The molecule has 1 amide bonds. The van der Waals surface area contributed by atoms with E-state index >= 15 is 0 Å². The average Bonchev–Trinajstić information content (AvgIpc) is 2.67. The van der Waals surface area contributed by atoms with E-state index in [1.165, 1.54) is 0 Å². The molecule has 2 heterocycles. The number of carbonyl (C=O) groups excluding carboxylic acids is 2. The number of hydrogen-bond acceptors (Lipinski definition) is 4. The summed E-state index contributed by atoms with van der Waals surface area (Å²) in [4.78, 5) is 25.1. The summed E-state index contributed by atoms with van der Waals surface area (Å²) in [5.74, 6) is -1.000. The second-order valence-corrected chi connectivity index (χ2v) is 5.16. The van der Waals surface area contributed by atoms with Gasteiger partial charge in [-0.05, 0) is 32.0 Å². The number of anilines is 2. The number of benzene rings is 1.